The molecule has 0 fully saturated rings. The summed E-state index contributed by atoms with van der Waals surface area (Å²) in [6.45, 7) is 0. The van der Waals surface area contributed by atoms with Gasteiger partial charge in [-0.1, -0.05) is 18.2 Å². The van der Waals surface area contributed by atoms with Crippen molar-refractivity contribution in [3.63, 3.8) is 0 Å². The molecule has 6 heteroatoms. The molecule has 5 nitrogen and oxygen atoms in total. The molecule has 1 aromatic carbocycles. The van der Waals surface area contributed by atoms with Gasteiger partial charge in [-0.2, -0.15) is 0 Å². The van der Waals surface area contributed by atoms with Gasteiger partial charge in [-0.05, 0) is 23.6 Å². The zero-order valence-corrected chi connectivity index (χ0v) is 11.1. The zero-order chi connectivity index (χ0) is 13.9. The van der Waals surface area contributed by atoms with Gasteiger partial charge in [-0.3, -0.25) is 0 Å². The Morgan fingerprint density at radius 3 is 2.80 bits per heavy atom. The van der Waals surface area contributed by atoms with E-state index in [-0.39, 0.29) is 11.5 Å². The lowest BCUT2D eigenvalue weighted by molar-refractivity contribution is 0.0697. The Kier molecular flexibility index (Phi) is 3.30. The van der Waals surface area contributed by atoms with Crippen molar-refractivity contribution in [2.24, 2.45) is 0 Å². The Morgan fingerprint density at radius 1 is 1.20 bits per heavy atom. The van der Waals surface area contributed by atoms with Crippen molar-refractivity contribution in [3.8, 4) is 11.5 Å². The number of thiophene rings is 1. The van der Waals surface area contributed by atoms with Crippen LogP contribution < -0.4 is 0 Å². The van der Waals surface area contributed by atoms with Crippen LogP contribution in [0.4, 0.5) is 0 Å². The maximum absolute atomic E-state index is 11.2. The van der Waals surface area contributed by atoms with Crippen LogP contribution in [0.2, 0.25) is 0 Å². The molecule has 0 aliphatic rings. The Balaban J connectivity index is 1.92. The highest BCUT2D eigenvalue weighted by atomic mass is 32.1. The second kappa shape index (κ2) is 5.26. The number of hydrogen-bond donors (Lipinski definition) is 1. The van der Waals surface area contributed by atoms with Gasteiger partial charge < -0.3 is 9.52 Å². The van der Waals surface area contributed by atoms with Gasteiger partial charge in [0.1, 0.15) is 0 Å². The van der Waals surface area contributed by atoms with Gasteiger partial charge >= 0.3 is 5.97 Å². The van der Waals surface area contributed by atoms with Crippen molar-refractivity contribution < 1.29 is 14.3 Å². The standard InChI is InChI=1S/C14H10N2O3S/c17-14(18)11-6-2-1-5-10(11)13-16-15-12(19-13)8-9-4-3-7-20-9/h1-7H,8H2,(H,17,18). The van der Waals surface area contributed by atoms with Crippen molar-refractivity contribution in [1.29, 1.82) is 0 Å². The van der Waals surface area contributed by atoms with Crippen molar-refractivity contribution in [2.45, 2.75) is 6.42 Å². The quantitative estimate of drug-likeness (QED) is 0.797. The summed E-state index contributed by atoms with van der Waals surface area (Å²) in [6, 6.07) is 10.5. The molecule has 0 unspecified atom stereocenters. The van der Waals surface area contributed by atoms with Gasteiger partial charge in [0.15, 0.2) is 0 Å². The fraction of sp³-hybridized carbons (Fsp3) is 0.0714. The number of carbonyl (C=O) groups is 1. The third-order valence-corrected chi connectivity index (χ3v) is 3.64. The molecular weight excluding hydrogens is 276 g/mol. The summed E-state index contributed by atoms with van der Waals surface area (Å²) in [6.07, 6.45) is 0.555. The topological polar surface area (TPSA) is 76.2 Å². The molecule has 3 aromatic rings. The van der Waals surface area contributed by atoms with Crippen molar-refractivity contribution >= 4 is 17.3 Å². The predicted molar refractivity (Wildman–Crippen MR) is 73.8 cm³/mol. The maximum Gasteiger partial charge on any atom is 0.336 e. The number of benzene rings is 1. The number of rotatable bonds is 4. The first-order chi connectivity index (χ1) is 9.74. The lowest BCUT2D eigenvalue weighted by Crippen LogP contribution is -1.99. The molecular formula is C14H10N2O3S. The number of carboxylic acid groups (broad SMARTS) is 1. The minimum Gasteiger partial charge on any atom is -0.478 e. The monoisotopic (exact) mass is 286 g/mol. The predicted octanol–water partition coefficient (Wildman–Crippen LogP) is 3.09. The van der Waals surface area contributed by atoms with E-state index >= 15 is 0 Å². The summed E-state index contributed by atoms with van der Waals surface area (Å²) < 4.78 is 5.55. The van der Waals surface area contributed by atoms with Crippen LogP contribution in [0.5, 0.6) is 0 Å². The second-order valence-electron chi connectivity index (χ2n) is 4.11. The van der Waals surface area contributed by atoms with Crippen LogP contribution >= 0.6 is 11.3 Å². The highest BCUT2D eigenvalue weighted by Gasteiger charge is 2.16. The molecule has 100 valence electrons. The van der Waals surface area contributed by atoms with Gasteiger partial charge in [-0.25, -0.2) is 4.79 Å². The lowest BCUT2D eigenvalue weighted by Gasteiger charge is -2.00. The Bertz CT molecular complexity index is 734. The van der Waals surface area contributed by atoms with Crippen LogP contribution in [-0.2, 0) is 6.42 Å². The van der Waals surface area contributed by atoms with Crippen molar-refractivity contribution in [3.05, 3.63) is 58.1 Å². The molecule has 0 saturated carbocycles. The third kappa shape index (κ3) is 2.46. The molecule has 1 N–H and O–H groups in total. The molecule has 3 rings (SSSR count). The van der Waals surface area contributed by atoms with E-state index in [1.807, 2.05) is 17.5 Å². The van der Waals surface area contributed by atoms with Crippen LogP contribution in [0.3, 0.4) is 0 Å². The summed E-state index contributed by atoms with van der Waals surface area (Å²) in [5.41, 5.74) is 0.587. The van der Waals surface area contributed by atoms with E-state index in [0.717, 1.165) is 4.88 Å². The number of hydrogen-bond acceptors (Lipinski definition) is 5. The molecule has 0 spiro atoms. The number of aromatic carboxylic acids is 1. The number of carboxylic acids is 1. The molecule has 0 bridgehead atoms. The molecule has 0 amide bonds. The first-order valence-corrected chi connectivity index (χ1v) is 6.79. The number of nitrogens with zero attached hydrogens (tertiary/aromatic N) is 2. The number of aromatic nitrogens is 2. The molecule has 2 aromatic heterocycles. The average molecular weight is 286 g/mol. The average Bonchev–Trinajstić information content (AvgIpc) is 3.11. The van der Waals surface area contributed by atoms with Gasteiger partial charge in [0.05, 0.1) is 17.5 Å². The van der Waals surface area contributed by atoms with Crippen LogP contribution in [-0.4, -0.2) is 21.3 Å². The fourth-order valence-corrected chi connectivity index (χ4v) is 2.55. The minimum absolute atomic E-state index is 0.152. The molecule has 0 saturated heterocycles. The Hall–Kier alpha value is -2.47. The first kappa shape index (κ1) is 12.6. The van der Waals surface area contributed by atoms with Gasteiger partial charge in [0.2, 0.25) is 11.8 Å². The highest BCUT2D eigenvalue weighted by Crippen LogP contribution is 2.23. The van der Waals surface area contributed by atoms with E-state index in [9.17, 15) is 4.79 Å². The first-order valence-electron chi connectivity index (χ1n) is 5.91. The molecule has 0 aliphatic carbocycles. The molecule has 0 radical (unpaired) electrons. The fourth-order valence-electron chi connectivity index (χ4n) is 1.85. The minimum atomic E-state index is -1.02. The summed E-state index contributed by atoms with van der Waals surface area (Å²) >= 11 is 1.61. The van der Waals surface area contributed by atoms with Crippen LogP contribution in [0.1, 0.15) is 21.1 Å². The highest BCUT2D eigenvalue weighted by molar-refractivity contribution is 7.09. The molecule has 0 atom stereocenters. The summed E-state index contributed by atoms with van der Waals surface area (Å²) in [5, 5.41) is 19.0. The van der Waals surface area contributed by atoms with Gasteiger partial charge in [0, 0.05) is 4.88 Å². The van der Waals surface area contributed by atoms with Crippen LogP contribution in [0, 0.1) is 0 Å². The molecule has 2 heterocycles. The second-order valence-corrected chi connectivity index (χ2v) is 5.14. The SMILES string of the molecule is O=C(O)c1ccccc1-c1nnc(Cc2cccs2)o1. The summed E-state index contributed by atoms with van der Waals surface area (Å²) in [5.74, 6) is -0.309. The van der Waals surface area contributed by atoms with Crippen molar-refractivity contribution in [2.75, 3.05) is 0 Å². The van der Waals surface area contributed by atoms with E-state index in [0.29, 0.717) is 17.9 Å². The van der Waals surface area contributed by atoms with Crippen LogP contribution in [0.15, 0.2) is 46.2 Å². The molecule has 20 heavy (non-hydrogen) atoms. The molecule has 0 aliphatic heterocycles. The van der Waals surface area contributed by atoms with Crippen LogP contribution in [0.25, 0.3) is 11.5 Å². The van der Waals surface area contributed by atoms with Gasteiger partial charge in [-0.15, -0.1) is 21.5 Å². The van der Waals surface area contributed by atoms with E-state index in [1.165, 1.54) is 6.07 Å². The van der Waals surface area contributed by atoms with Gasteiger partial charge in [0.25, 0.3) is 0 Å². The van der Waals surface area contributed by atoms with Crippen molar-refractivity contribution in [1.82, 2.24) is 10.2 Å². The zero-order valence-electron chi connectivity index (χ0n) is 10.3. The van der Waals surface area contributed by atoms with E-state index in [2.05, 4.69) is 10.2 Å². The normalized spacial score (nSPS) is 10.6. The lowest BCUT2D eigenvalue weighted by atomic mass is 10.1. The van der Waals surface area contributed by atoms with E-state index in [4.69, 9.17) is 9.52 Å². The third-order valence-electron chi connectivity index (χ3n) is 2.76. The largest absolute Gasteiger partial charge is 0.478 e. The van der Waals surface area contributed by atoms with E-state index < -0.39 is 5.97 Å². The Labute approximate surface area is 118 Å². The maximum atomic E-state index is 11.2. The summed E-state index contributed by atoms with van der Waals surface area (Å²) in [7, 11) is 0. The Morgan fingerprint density at radius 2 is 2.05 bits per heavy atom. The summed E-state index contributed by atoms with van der Waals surface area (Å²) in [4.78, 5) is 12.3. The smallest absolute Gasteiger partial charge is 0.336 e. The van der Waals surface area contributed by atoms with E-state index in [1.54, 1.807) is 29.5 Å².